The Balaban J connectivity index is 1.74. The minimum absolute atomic E-state index is 0.374. The van der Waals surface area contributed by atoms with Gasteiger partial charge < -0.3 is 20.1 Å². The number of nitrogens with zero attached hydrogens (tertiary/aromatic N) is 2. The third-order valence-electron chi connectivity index (χ3n) is 4.54. The third kappa shape index (κ3) is 4.63. The van der Waals surface area contributed by atoms with E-state index >= 15 is 0 Å². The van der Waals surface area contributed by atoms with Crippen LogP contribution in [0.2, 0.25) is 5.02 Å². The second kappa shape index (κ2) is 8.87. The molecule has 0 fully saturated rings. The number of urea groups is 1. The van der Waals surface area contributed by atoms with Crippen molar-refractivity contribution in [2.45, 2.75) is 20.4 Å². The first-order valence-electron chi connectivity index (χ1n) is 9.00. The fraction of sp³-hybridized carbons (Fsp3) is 0.238. The van der Waals surface area contributed by atoms with Crippen molar-refractivity contribution in [2.75, 3.05) is 24.9 Å². The van der Waals surface area contributed by atoms with Gasteiger partial charge in [-0.1, -0.05) is 29.8 Å². The summed E-state index contributed by atoms with van der Waals surface area (Å²) in [4.78, 5) is 12.5. The van der Waals surface area contributed by atoms with Crippen LogP contribution in [0.15, 0.2) is 42.5 Å². The van der Waals surface area contributed by atoms with E-state index in [1.807, 2.05) is 42.8 Å². The van der Waals surface area contributed by atoms with Gasteiger partial charge in [0.1, 0.15) is 0 Å². The van der Waals surface area contributed by atoms with Crippen LogP contribution in [0.5, 0.6) is 11.5 Å². The number of ether oxygens (including phenoxy) is 2. The standard InChI is InChI=1S/C21H23ClN4O3/c1-13-20(14(2)26(25-13)12-15-7-5-6-8-17(15)22)24-21(27)23-16-9-10-18(28-3)19(11-16)29-4/h5-11H,12H2,1-4H3,(H2,23,24,27). The number of aryl methyl sites for hydroxylation is 1. The van der Waals surface area contributed by atoms with E-state index in [2.05, 4.69) is 15.7 Å². The van der Waals surface area contributed by atoms with E-state index in [0.717, 1.165) is 17.0 Å². The Morgan fingerprint density at radius 2 is 1.79 bits per heavy atom. The lowest BCUT2D eigenvalue weighted by Crippen LogP contribution is -2.20. The van der Waals surface area contributed by atoms with E-state index in [1.54, 1.807) is 32.4 Å². The molecule has 29 heavy (non-hydrogen) atoms. The molecule has 0 radical (unpaired) electrons. The number of nitrogens with one attached hydrogen (secondary N) is 2. The summed E-state index contributed by atoms with van der Waals surface area (Å²) in [6.45, 7) is 4.27. The minimum atomic E-state index is -0.374. The zero-order chi connectivity index (χ0) is 21.0. The first-order valence-corrected chi connectivity index (χ1v) is 9.38. The van der Waals surface area contributed by atoms with Crippen molar-refractivity contribution in [3.05, 3.63) is 64.4 Å². The predicted octanol–water partition coefficient (Wildman–Crippen LogP) is 4.86. The smallest absolute Gasteiger partial charge is 0.323 e. The monoisotopic (exact) mass is 414 g/mol. The summed E-state index contributed by atoms with van der Waals surface area (Å²) in [6, 6.07) is 12.4. The van der Waals surface area contributed by atoms with Crippen LogP contribution in [0.25, 0.3) is 0 Å². The highest BCUT2D eigenvalue weighted by Gasteiger charge is 2.16. The highest BCUT2D eigenvalue weighted by atomic mass is 35.5. The number of carbonyl (C=O) groups is 1. The van der Waals surface area contributed by atoms with Crippen LogP contribution in [-0.4, -0.2) is 30.0 Å². The molecule has 0 saturated carbocycles. The maximum absolute atomic E-state index is 12.5. The normalized spacial score (nSPS) is 10.5. The van der Waals surface area contributed by atoms with Crippen molar-refractivity contribution in [1.29, 1.82) is 0 Å². The maximum Gasteiger partial charge on any atom is 0.323 e. The molecule has 2 aromatic carbocycles. The van der Waals surface area contributed by atoms with Crippen molar-refractivity contribution in [3.8, 4) is 11.5 Å². The summed E-state index contributed by atoms with van der Waals surface area (Å²) in [5.41, 5.74) is 3.76. The molecule has 0 aliphatic heterocycles. The van der Waals surface area contributed by atoms with E-state index in [9.17, 15) is 4.79 Å². The fourth-order valence-corrected chi connectivity index (χ4v) is 3.21. The number of hydrogen-bond acceptors (Lipinski definition) is 4. The average Bonchev–Trinajstić information content (AvgIpc) is 2.97. The molecule has 0 unspecified atom stereocenters. The minimum Gasteiger partial charge on any atom is -0.493 e. The Bertz CT molecular complexity index is 1030. The summed E-state index contributed by atoms with van der Waals surface area (Å²) >= 11 is 6.25. The third-order valence-corrected chi connectivity index (χ3v) is 4.91. The molecule has 8 heteroatoms. The molecule has 2 amide bonds. The summed E-state index contributed by atoms with van der Waals surface area (Å²) in [5.74, 6) is 1.12. The fourth-order valence-electron chi connectivity index (χ4n) is 3.01. The van der Waals surface area contributed by atoms with Gasteiger partial charge in [0.15, 0.2) is 11.5 Å². The summed E-state index contributed by atoms with van der Waals surface area (Å²) in [5, 5.41) is 10.9. The van der Waals surface area contributed by atoms with Crippen LogP contribution < -0.4 is 20.1 Å². The van der Waals surface area contributed by atoms with Gasteiger partial charge in [-0.25, -0.2) is 4.79 Å². The highest BCUT2D eigenvalue weighted by Crippen LogP contribution is 2.30. The first-order chi connectivity index (χ1) is 13.9. The number of benzene rings is 2. The number of aromatic nitrogens is 2. The zero-order valence-corrected chi connectivity index (χ0v) is 17.5. The molecular formula is C21H23ClN4O3. The van der Waals surface area contributed by atoms with E-state index in [4.69, 9.17) is 21.1 Å². The van der Waals surface area contributed by atoms with Crippen molar-refractivity contribution < 1.29 is 14.3 Å². The van der Waals surface area contributed by atoms with Crippen LogP contribution in [0.4, 0.5) is 16.2 Å². The lowest BCUT2D eigenvalue weighted by Gasteiger charge is -2.12. The lowest BCUT2D eigenvalue weighted by molar-refractivity contribution is 0.262. The van der Waals surface area contributed by atoms with E-state index in [1.165, 1.54) is 0 Å². The lowest BCUT2D eigenvalue weighted by atomic mass is 10.2. The van der Waals surface area contributed by atoms with Crippen LogP contribution in [0, 0.1) is 13.8 Å². The van der Waals surface area contributed by atoms with Gasteiger partial charge in [0.2, 0.25) is 0 Å². The molecule has 0 bridgehead atoms. The molecule has 1 aromatic heterocycles. The molecule has 0 atom stereocenters. The summed E-state index contributed by atoms with van der Waals surface area (Å²) in [7, 11) is 3.10. The van der Waals surface area contributed by atoms with Crippen molar-refractivity contribution >= 4 is 29.0 Å². The van der Waals surface area contributed by atoms with Crippen LogP contribution in [-0.2, 0) is 6.54 Å². The first kappa shape index (κ1) is 20.5. The Kier molecular flexibility index (Phi) is 6.29. The van der Waals surface area contributed by atoms with Gasteiger partial charge in [0.05, 0.1) is 37.8 Å². The second-order valence-electron chi connectivity index (χ2n) is 6.44. The summed E-state index contributed by atoms with van der Waals surface area (Å²) < 4.78 is 12.3. The van der Waals surface area contributed by atoms with Crippen LogP contribution in [0.1, 0.15) is 17.0 Å². The maximum atomic E-state index is 12.5. The number of halogens is 1. The Hall–Kier alpha value is -3.19. The van der Waals surface area contributed by atoms with E-state index in [0.29, 0.717) is 34.4 Å². The number of hydrogen-bond donors (Lipinski definition) is 2. The zero-order valence-electron chi connectivity index (χ0n) is 16.7. The van der Waals surface area contributed by atoms with Gasteiger partial charge >= 0.3 is 6.03 Å². The Labute approximate surface area is 174 Å². The quantitative estimate of drug-likeness (QED) is 0.603. The number of amides is 2. The topological polar surface area (TPSA) is 77.4 Å². The molecule has 2 N–H and O–H groups in total. The predicted molar refractivity (Wildman–Crippen MR) is 114 cm³/mol. The molecule has 3 aromatic rings. The number of carbonyl (C=O) groups excluding carboxylic acids is 1. The molecule has 7 nitrogen and oxygen atoms in total. The highest BCUT2D eigenvalue weighted by molar-refractivity contribution is 6.31. The van der Waals surface area contributed by atoms with Crippen molar-refractivity contribution in [3.63, 3.8) is 0 Å². The van der Waals surface area contributed by atoms with Gasteiger partial charge in [-0.3, -0.25) is 4.68 Å². The number of methoxy groups -OCH3 is 2. The van der Waals surface area contributed by atoms with Crippen molar-refractivity contribution in [2.24, 2.45) is 0 Å². The van der Waals surface area contributed by atoms with E-state index < -0.39 is 0 Å². The van der Waals surface area contributed by atoms with Crippen LogP contribution in [0.3, 0.4) is 0 Å². The molecule has 0 aliphatic carbocycles. The van der Waals surface area contributed by atoms with Crippen LogP contribution >= 0.6 is 11.6 Å². The van der Waals surface area contributed by atoms with Gasteiger partial charge in [0.25, 0.3) is 0 Å². The number of anilines is 2. The average molecular weight is 415 g/mol. The molecule has 3 rings (SSSR count). The van der Waals surface area contributed by atoms with E-state index in [-0.39, 0.29) is 6.03 Å². The van der Waals surface area contributed by atoms with Gasteiger partial charge in [0, 0.05) is 16.8 Å². The molecule has 0 aliphatic rings. The second-order valence-corrected chi connectivity index (χ2v) is 6.85. The van der Waals surface area contributed by atoms with Gasteiger partial charge in [-0.05, 0) is 37.6 Å². The number of rotatable bonds is 6. The Morgan fingerprint density at radius 3 is 2.48 bits per heavy atom. The van der Waals surface area contributed by atoms with Crippen molar-refractivity contribution in [1.82, 2.24) is 9.78 Å². The summed E-state index contributed by atoms with van der Waals surface area (Å²) in [6.07, 6.45) is 0. The largest absolute Gasteiger partial charge is 0.493 e. The van der Waals surface area contributed by atoms with Gasteiger partial charge in [-0.15, -0.1) is 0 Å². The SMILES string of the molecule is COc1ccc(NC(=O)Nc2c(C)nn(Cc3ccccc3Cl)c2C)cc1OC. The Morgan fingerprint density at radius 1 is 1.07 bits per heavy atom. The molecular weight excluding hydrogens is 392 g/mol. The molecule has 152 valence electrons. The van der Waals surface area contributed by atoms with Gasteiger partial charge in [-0.2, -0.15) is 5.10 Å². The molecule has 0 spiro atoms. The molecule has 1 heterocycles. The molecule has 0 saturated heterocycles.